The second kappa shape index (κ2) is 6.23. The molecule has 3 nitrogen and oxygen atoms in total. The molecule has 0 heterocycles. The number of hydrogen-bond acceptors (Lipinski definition) is 2. The van der Waals surface area contributed by atoms with Gasteiger partial charge < -0.3 is 0 Å². The molecule has 0 spiro atoms. The van der Waals surface area contributed by atoms with Gasteiger partial charge in [-0.2, -0.15) is 0 Å². The van der Waals surface area contributed by atoms with Gasteiger partial charge in [0.25, 0.3) is 0 Å². The molecule has 0 aliphatic rings. The van der Waals surface area contributed by atoms with E-state index in [-0.39, 0.29) is 6.42 Å². The Morgan fingerprint density at radius 3 is 2.60 bits per heavy atom. The van der Waals surface area contributed by atoms with Gasteiger partial charge in [0.15, 0.2) is 0 Å². The van der Waals surface area contributed by atoms with Crippen LogP contribution in [0.4, 0.5) is 0 Å². The van der Waals surface area contributed by atoms with Crippen LogP contribution in [0.2, 0.25) is 5.32 Å². The Kier molecular flexibility index (Phi) is 4.89. The molecule has 78 valence electrons. The molecule has 0 aliphatic carbocycles. The summed E-state index contributed by atoms with van der Waals surface area (Å²) < 4.78 is 0. The Hall–Kier alpha value is -1.30. The summed E-state index contributed by atoms with van der Waals surface area (Å²) >= 11 is 0.340. The number of carbonyl (C=O) groups is 1. The van der Waals surface area contributed by atoms with Crippen molar-refractivity contribution in [2.75, 3.05) is 0 Å². The van der Waals surface area contributed by atoms with Gasteiger partial charge in [0.2, 0.25) is 0 Å². The molecule has 0 bridgehead atoms. The van der Waals surface area contributed by atoms with E-state index in [9.17, 15) is 4.79 Å². The summed E-state index contributed by atoms with van der Waals surface area (Å²) in [5, 5.41) is 18.7. The van der Waals surface area contributed by atoms with E-state index < -0.39 is 5.97 Å². The summed E-state index contributed by atoms with van der Waals surface area (Å²) in [6, 6.07) is 9.52. The number of rotatable bonds is 5. The van der Waals surface area contributed by atoms with Crippen molar-refractivity contribution in [3.8, 4) is 6.07 Å². The minimum absolute atomic E-state index is 0.260. The average Bonchev–Trinajstić information content (AvgIpc) is 2.25. The van der Waals surface area contributed by atoms with Crippen molar-refractivity contribution >= 4 is 20.9 Å². The third kappa shape index (κ3) is 4.64. The molecule has 0 fully saturated rings. The van der Waals surface area contributed by atoms with Gasteiger partial charge >= 0.3 is 94.6 Å². The topological polar surface area (TPSA) is 61.1 Å². The molecule has 0 atom stereocenters. The van der Waals surface area contributed by atoms with E-state index >= 15 is 0 Å². The van der Waals surface area contributed by atoms with Crippen LogP contribution in [0, 0.1) is 11.3 Å². The van der Waals surface area contributed by atoms with Gasteiger partial charge in [0.1, 0.15) is 0 Å². The third-order valence-electron chi connectivity index (χ3n) is 1.81. The number of benzene rings is 1. The van der Waals surface area contributed by atoms with E-state index in [0.29, 0.717) is 20.5 Å². The molecule has 0 aromatic heterocycles. The zero-order valence-corrected chi connectivity index (χ0v) is 9.85. The first-order valence-corrected chi connectivity index (χ1v) is 6.93. The van der Waals surface area contributed by atoms with Crippen LogP contribution < -0.4 is 0 Å². The first-order valence-electron chi connectivity index (χ1n) is 4.51. The number of hydrogen-bond donors (Lipinski definition) is 1. The van der Waals surface area contributed by atoms with Crippen LogP contribution in [0.25, 0.3) is 0 Å². The summed E-state index contributed by atoms with van der Waals surface area (Å²) in [7, 11) is 0. The predicted octanol–water partition coefficient (Wildman–Crippen LogP) is 1.66. The van der Waals surface area contributed by atoms with E-state index in [1.54, 1.807) is 12.1 Å². The first-order chi connectivity index (χ1) is 7.22. The van der Waals surface area contributed by atoms with Gasteiger partial charge in [-0.05, 0) is 0 Å². The summed E-state index contributed by atoms with van der Waals surface area (Å²) in [4.78, 5) is 10.3. The standard InChI is InChI=1S/C11H11NO2Se/c12-7-9-1-3-10(4-2-9)8-15-6-5-11(13)14/h1-4H,5-6,8H2,(H,13,14). The Labute approximate surface area is 94.9 Å². The minimum atomic E-state index is -0.725. The summed E-state index contributed by atoms with van der Waals surface area (Å²) in [6.07, 6.45) is 0.260. The van der Waals surface area contributed by atoms with Crippen molar-refractivity contribution in [3.05, 3.63) is 35.4 Å². The van der Waals surface area contributed by atoms with Gasteiger partial charge in [-0.25, -0.2) is 0 Å². The quantitative estimate of drug-likeness (QED) is 0.652. The molecular weight excluding hydrogens is 257 g/mol. The molecule has 0 amide bonds. The van der Waals surface area contributed by atoms with Crippen LogP contribution in [0.15, 0.2) is 24.3 Å². The Morgan fingerprint density at radius 2 is 2.07 bits per heavy atom. The maximum atomic E-state index is 10.3. The molecule has 15 heavy (non-hydrogen) atoms. The zero-order chi connectivity index (χ0) is 11.1. The fourth-order valence-corrected chi connectivity index (χ4v) is 2.90. The summed E-state index contributed by atoms with van der Waals surface area (Å²) in [5.41, 5.74) is 1.84. The van der Waals surface area contributed by atoms with E-state index in [1.165, 1.54) is 5.56 Å². The molecule has 1 rings (SSSR count). The van der Waals surface area contributed by atoms with Crippen LogP contribution in [0.5, 0.6) is 0 Å². The molecule has 1 aromatic carbocycles. The maximum absolute atomic E-state index is 10.3. The number of nitriles is 1. The molecule has 0 saturated carbocycles. The van der Waals surface area contributed by atoms with Crippen molar-refractivity contribution < 1.29 is 9.90 Å². The molecule has 0 unspecified atom stereocenters. The third-order valence-corrected chi connectivity index (χ3v) is 3.97. The average molecular weight is 268 g/mol. The van der Waals surface area contributed by atoms with Crippen molar-refractivity contribution in [1.82, 2.24) is 0 Å². The SMILES string of the molecule is N#Cc1ccc(C[Se]CCC(=O)O)cc1. The van der Waals surface area contributed by atoms with Gasteiger partial charge in [-0.1, -0.05) is 0 Å². The van der Waals surface area contributed by atoms with Gasteiger partial charge in [-0.3, -0.25) is 0 Å². The molecule has 0 radical (unpaired) electrons. The van der Waals surface area contributed by atoms with E-state index in [0.717, 1.165) is 10.6 Å². The molecule has 0 saturated heterocycles. The predicted molar refractivity (Wildman–Crippen MR) is 57.7 cm³/mol. The molecule has 4 heteroatoms. The van der Waals surface area contributed by atoms with Crippen molar-refractivity contribution in [3.63, 3.8) is 0 Å². The van der Waals surface area contributed by atoms with E-state index in [4.69, 9.17) is 10.4 Å². The molecule has 1 aromatic rings. The van der Waals surface area contributed by atoms with Gasteiger partial charge in [0, 0.05) is 0 Å². The number of aliphatic carboxylic acids is 1. The van der Waals surface area contributed by atoms with Crippen molar-refractivity contribution in [2.45, 2.75) is 17.1 Å². The van der Waals surface area contributed by atoms with Crippen LogP contribution in [-0.4, -0.2) is 26.0 Å². The first kappa shape index (κ1) is 11.8. The Bertz CT molecular complexity index is 367. The van der Waals surface area contributed by atoms with E-state index in [2.05, 4.69) is 6.07 Å². The Balaban J connectivity index is 2.32. The van der Waals surface area contributed by atoms with Crippen molar-refractivity contribution in [1.29, 1.82) is 5.26 Å². The zero-order valence-electron chi connectivity index (χ0n) is 8.14. The molecule has 1 N–H and O–H groups in total. The molecule has 0 aliphatic heterocycles. The fourth-order valence-electron chi connectivity index (χ4n) is 1.03. The number of carboxylic acid groups (broad SMARTS) is 1. The van der Waals surface area contributed by atoms with Crippen LogP contribution in [0.3, 0.4) is 0 Å². The fraction of sp³-hybridized carbons (Fsp3) is 0.273. The van der Waals surface area contributed by atoms with Gasteiger partial charge in [0.05, 0.1) is 0 Å². The number of carboxylic acids is 1. The number of nitrogens with zero attached hydrogens (tertiary/aromatic N) is 1. The summed E-state index contributed by atoms with van der Waals surface area (Å²) in [6.45, 7) is 0. The van der Waals surface area contributed by atoms with E-state index in [1.807, 2.05) is 12.1 Å². The molecular formula is C11H11NO2Se. The van der Waals surface area contributed by atoms with Crippen LogP contribution in [-0.2, 0) is 10.1 Å². The normalized spacial score (nSPS) is 9.53. The van der Waals surface area contributed by atoms with Crippen LogP contribution >= 0.6 is 0 Å². The Morgan fingerprint density at radius 1 is 1.40 bits per heavy atom. The summed E-state index contributed by atoms with van der Waals surface area (Å²) in [5.74, 6) is -0.725. The van der Waals surface area contributed by atoms with Gasteiger partial charge in [-0.15, -0.1) is 0 Å². The second-order valence-corrected chi connectivity index (χ2v) is 5.32. The van der Waals surface area contributed by atoms with Crippen molar-refractivity contribution in [2.24, 2.45) is 0 Å². The monoisotopic (exact) mass is 269 g/mol. The second-order valence-electron chi connectivity index (χ2n) is 3.01. The van der Waals surface area contributed by atoms with Crippen LogP contribution in [0.1, 0.15) is 17.5 Å².